The van der Waals surface area contributed by atoms with Gasteiger partial charge in [-0.15, -0.1) is 11.8 Å². The molecule has 0 atom stereocenters. The first-order chi connectivity index (χ1) is 15.2. The number of sulfone groups is 1. The maximum atomic E-state index is 13.3. The van der Waals surface area contributed by atoms with E-state index < -0.39 is 9.84 Å². The van der Waals surface area contributed by atoms with Gasteiger partial charge in [0.25, 0.3) is 0 Å². The van der Waals surface area contributed by atoms with E-state index in [1.165, 1.54) is 23.9 Å². The van der Waals surface area contributed by atoms with Crippen molar-refractivity contribution in [3.63, 3.8) is 0 Å². The molecule has 0 saturated heterocycles. The van der Waals surface area contributed by atoms with Crippen molar-refractivity contribution in [2.24, 2.45) is 0 Å². The Morgan fingerprint density at radius 1 is 1.00 bits per heavy atom. The highest BCUT2D eigenvalue weighted by molar-refractivity contribution is 8.04. The molecular weight excluding hydrogens is 460 g/mol. The molecule has 0 unspecified atom stereocenters. The molecule has 0 aliphatic rings. The zero-order valence-corrected chi connectivity index (χ0v) is 20.4. The van der Waals surface area contributed by atoms with Gasteiger partial charge in [0, 0.05) is 16.5 Å². The first-order valence-corrected chi connectivity index (χ1v) is 12.7. The fourth-order valence-electron chi connectivity index (χ4n) is 3.38. The summed E-state index contributed by atoms with van der Waals surface area (Å²) in [6.07, 6.45) is 0. The van der Waals surface area contributed by atoms with Crippen molar-refractivity contribution in [3.05, 3.63) is 104 Å². The van der Waals surface area contributed by atoms with Gasteiger partial charge in [0.1, 0.15) is 11.1 Å². The van der Waals surface area contributed by atoms with Crippen molar-refractivity contribution in [2.75, 3.05) is 5.32 Å². The van der Waals surface area contributed by atoms with E-state index in [9.17, 15) is 13.7 Å². The fraction of sp³-hybridized carbons (Fsp3) is 0.160. The smallest absolute Gasteiger partial charge is 0.219 e. The predicted molar refractivity (Wildman–Crippen MR) is 133 cm³/mol. The average Bonchev–Trinajstić information content (AvgIpc) is 2.75. The number of allylic oxidation sites excluding steroid dienone is 1. The lowest BCUT2D eigenvalue weighted by molar-refractivity contribution is 0.603. The summed E-state index contributed by atoms with van der Waals surface area (Å²) in [6, 6.07) is 21.4. The molecule has 0 amide bonds. The molecule has 0 aliphatic heterocycles. The fourth-order valence-corrected chi connectivity index (χ4v) is 6.11. The largest absolute Gasteiger partial charge is 0.348 e. The van der Waals surface area contributed by atoms with Gasteiger partial charge in [0.2, 0.25) is 9.84 Å². The van der Waals surface area contributed by atoms with Crippen LogP contribution in [0, 0.1) is 32.1 Å². The molecule has 0 saturated carbocycles. The first-order valence-electron chi connectivity index (χ1n) is 9.89. The lowest BCUT2D eigenvalue weighted by Crippen LogP contribution is -2.11. The second kappa shape index (κ2) is 10.3. The van der Waals surface area contributed by atoms with Crippen LogP contribution in [0.15, 0.2) is 81.6 Å². The standard InChI is InChI=1S/C25H23ClN2O2S2/c1-17-12-18(2)24(19(3)13-17)28-25(31-16-20-8-7-9-21(26)14-20)23(15-27)32(29,30)22-10-5-4-6-11-22/h4-14,28H,16H2,1-3H3/b25-23+. The van der Waals surface area contributed by atoms with Gasteiger partial charge in [-0.2, -0.15) is 5.26 Å². The molecule has 0 aliphatic carbocycles. The lowest BCUT2D eigenvalue weighted by Gasteiger charge is -2.18. The average molecular weight is 483 g/mol. The van der Waals surface area contributed by atoms with Crippen molar-refractivity contribution in [1.82, 2.24) is 0 Å². The van der Waals surface area contributed by atoms with E-state index in [0.717, 1.165) is 27.9 Å². The van der Waals surface area contributed by atoms with Crippen molar-refractivity contribution < 1.29 is 8.42 Å². The van der Waals surface area contributed by atoms with Crippen molar-refractivity contribution in [3.8, 4) is 6.07 Å². The van der Waals surface area contributed by atoms with Gasteiger partial charge >= 0.3 is 0 Å². The van der Waals surface area contributed by atoms with Crippen LogP contribution in [0.3, 0.4) is 0 Å². The molecule has 32 heavy (non-hydrogen) atoms. The van der Waals surface area contributed by atoms with E-state index in [1.54, 1.807) is 24.3 Å². The van der Waals surface area contributed by atoms with Crippen molar-refractivity contribution in [1.29, 1.82) is 5.26 Å². The Morgan fingerprint density at radius 3 is 2.25 bits per heavy atom. The molecular formula is C25H23ClN2O2S2. The highest BCUT2D eigenvalue weighted by Crippen LogP contribution is 2.34. The van der Waals surface area contributed by atoms with E-state index in [-0.39, 0.29) is 14.8 Å². The molecule has 1 N–H and O–H groups in total. The third-order valence-electron chi connectivity index (χ3n) is 4.82. The van der Waals surface area contributed by atoms with Gasteiger partial charge in [-0.3, -0.25) is 0 Å². The van der Waals surface area contributed by atoms with Crippen LogP contribution in [0.25, 0.3) is 0 Å². The van der Waals surface area contributed by atoms with Gasteiger partial charge in [-0.1, -0.05) is 59.6 Å². The summed E-state index contributed by atoms with van der Waals surface area (Å²) in [4.78, 5) is -0.230. The molecule has 0 spiro atoms. The minimum atomic E-state index is -4.01. The van der Waals surface area contributed by atoms with E-state index in [4.69, 9.17) is 11.6 Å². The topological polar surface area (TPSA) is 70.0 Å². The molecule has 0 bridgehead atoms. The van der Waals surface area contributed by atoms with Crippen molar-refractivity contribution in [2.45, 2.75) is 31.4 Å². The summed E-state index contributed by atoms with van der Waals surface area (Å²) in [5, 5.41) is 14.1. The molecule has 0 radical (unpaired) electrons. The van der Waals surface area contributed by atoms with Crippen LogP contribution in [0.1, 0.15) is 22.3 Å². The van der Waals surface area contributed by atoms with E-state index in [1.807, 2.05) is 57.2 Å². The Morgan fingerprint density at radius 2 is 1.66 bits per heavy atom. The normalized spacial score (nSPS) is 12.1. The Bertz CT molecular complexity index is 1290. The van der Waals surface area contributed by atoms with Gasteiger partial charge in [-0.05, 0) is 61.7 Å². The Labute approximate surface area is 198 Å². The number of halogens is 1. The molecule has 0 heterocycles. The zero-order chi connectivity index (χ0) is 23.3. The second-order valence-corrected chi connectivity index (χ2v) is 10.7. The highest BCUT2D eigenvalue weighted by atomic mass is 35.5. The number of anilines is 1. The summed E-state index contributed by atoms with van der Waals surface area (Å²) < 4.78 is 26.7. The number of hydrogen-bond donors (Lipinski definition) is 1. The van der Waals surface area contributed by atoms with Crippen LogP contribution in [-0.4, -0.2) is 8.42 Å². The summed E-state index contributed by atoms with van der Waals surface area (Å²) in [7, 11) is -4.01. The molecule has 164 valence electrons. The SMILES string of the molecule is Cc1cc(C)c(N/C(SCc2cccc(Cl)c2)=C(/C#N)S(=O)(=O)c2ccccc2)c(C)c1. The quantitative estimate of drug-likeness (QED) is 0.376. The summed E-state index contributed by atoms with van der Waals surface area (Å²) in [5.41, 5.74) is 4.77. The molecule has 3 aromatic rings. The number of nitrogens with zero attached hydrogens (tertiary/aromatic N) is 1. The molecule has 3 aromatic carbocycles. The summed E-state index contributed by atoms with van der Waals surface area (Å²) in [6.45, 7) is 5.92. The molecule has 0 aromatic heterocycles. The maximum Gasteiger partial charge on any atom is 0.219 e. The highest BCUT2D eigenvalue weighted by Gasteiger charge is 2.26. The van der Waals surface area contributed by atoms with E-state index >= 15 is 0 Å². The van der Waals surface area contributed by atoms with Gasteiger partial charge < -0.3 is 5.32 Å². The van der Waals surface area contributed by atoms with Gasteiger partial charge in [-0.25, -0.2) is 8.42 Å². The zero-order valence-electron chi connectivity index (χ0n) is 18.0. The van der Waals surface area contributed by atoms with Crippen molar-refractivity contribution >= 4 is 38.9 Å². The molecule has 7 heteroatoms. The van der Waals surface area contributed by atoms with Crippen LogP contribution in [0.2, 0.25) is 5.02 Å². The van der Waals surface area contributed by atoms with Crippen LogP contribution in [0.4, 0.5) is 5.69 Å². The minimum Gasteiger partial charge on any atom is -0.348 e. The van der Waals surface area contributed by atoms with Gasteiger partial charge in [0.05, 0.1) is 4.90 Å². The molecule has 0 fully saturated rings. The Hall–Kier alpha value is -2.72. The third-order valence-corrected chi connectivity index (χ3v) is 7.98. The maximum absolute atomic E-state index is 13.3. The van der Waals surface area contributed by atoms with E-state index in [2.05, 4.69) is 5.32 Å². The van der Waals surface area contributed by atoms with E-state index in [0.29, 0.717) is 10.8 Å². The number of hydrogen-bond acceptors (Lipinski definition) is 5. The van der Waals surface area contributed by atoms with Crippen LogP contribution in [-0.2, 0) is 15.6 Å². The number of aryl methyl sites for hydroxylation is 3. The first kappa shape index (κ1) is 23.9. The number of nitrogens with one attached hydrogen (secondary N) is 1. The number of rotatable bonds is 7. The number of thioether (sulfide) groups is 1. The minimum absolute atomic E-state index is 0.0801. The lowest BCUT2D eigenvalue weighted by atomic mass is 10.1. The number of nitriles is 1. The molecule has 3 rings (SSSR count). The Kier molecular flexibility index (Phi) is 7.68. The number of benzene rings is 3. The summed E-state index contributed by atoms with van der Waals surface area (Å²) in [5.74, 6) is 0.447. The third kappa shape index (κ3) is 5.55. The summed E-state index contributed by atoms with van der Waals surface area (Å²) >= 11 is 7.37. The predicted octanol–water partition coefficient (Wildman–Crippen LogP) is 6.78. The second-order valence-electron chi connectivity index (χ2n) is 7.40. The van der Waals surface area contributed by atoms with Crippen LogP contribution < -0.4 is 5.32 Å². The van der Waals surface area contributed by atoms with Crippen LogP contribution >= 0.6 is 23.4 Å². The monoisotopic (exact) mass is 482 g/mol. The van der Waals surface area contributed by atoms with Crippen LogP contribution in [0.5, 0.6) is 0 Å². The molecule has 4 nitrogen and oxygen atoms in total. The Balaban J connectivity index is 2.11. The van der Waals surface area contributed by atoms with Gasteiger partial charge in [0.15, 0.2) is 4.91 Å².